The van der Waals surface area contributed by atoms with Crippen molar-refractivity contribution in [2.45, 2.75) is 31.2 Å². The molecule has 0 saturated heterocycles. The predicted octanol–water partition coefficient (Wildman–Crippen LogP) is 0.456. The second-order valence-electron chi connectivity index (χ2n) is 4.39. The van der Waals surface area contributed by atoms with Crippen LogP contribution in [0.15, 0.2) is 23.2 Å². The molecule has 2 aromatic heterocycles. The van der Waals surface area contributed by atoms with Crippen molar-refractivity contribution in [3.05, 3.63) is 24.2 Å². The molecule has 0 bridgehead atoms. The van der Waals surface area contributed by atoms with Gasteiger partial charge in [-0.1, -0.05) is 12.1 Å². The lowest BCUT2D eigenvalue weighted by Crippen LogP contribution is -2.28. The predicted molar refractivity (Wildman–Crippen MR) is 75.9 cm³/mol. The van der Waals surface area contributed by atoms with Crippen molar-refractivity contribution in [1.29, 1.82) is 0 Å². The summed E-state index contributed by atoms with van der Waals surface area (Å²) in [7, 11) is -3.74. The van der Waals surface area contributed by atoms with Crippen LogP contribution in [-0.4, -0.2) is 40.6 Å². The first-order chi connectivity index (χ1) is 10.0. The van der Waals surface area contributed by atoms with Gasteiger partial charge in [-0.15, -0.1) is 10.2 Å². The van der Waals surface area contributed by atoms with E-state index in [4.69, 9.17) is 0 Å². The first kappa shape index (κ1) is 15.3. The van der Waals surface area contributed by atoms with Gasteiger partial charge in [-0.2, -0.15) is 5.21 Å². The van der Waals surface area contributed by atoms with Gasteiger partial charge in [0.15, 0.2) is 5.82 Å². The van der Waals surface area contributed by atoms with Crippen LogP contribution >= 0.6 is 0 Å². The SMILES string of the molecule is CCCNc1ncccc1S(=O)(=O)NC(C)c1nn[nH]n1. The number of aromatic amines is 1. The summed E-state index contributed by atoms with van der Waals surface area (Å²) in [6.07, 6.45) is 2.41. The van der Waals surface area contributed by atoms with Crippen LogP contribution in [0.3, 0.4) is 0 Å². The van der Waals surface area contributed by atoms with E-state index in [9.17, 15) is 8.42 Å². The lowest BCUT2D eigenvalue weighted by Gasteiger charge is -2.14. The number of nitrogens with one attached hydrogen (secondary N) is 3. The topological polar surface area (TPSA) is 126 Å². The van der Waals surface area contributed by atoms with Gasteiger partial charge in [0.05, 0.1) is 6.04 Å². The first-order valence-electron chi connectivity index (χ1n) is 6.49. The Morgan fingerprint density at radius 1 is 1.43 bits per heavy atom. The van der Waals surface area contributed by atoms with Crippen molar-refractivity contribution in [3.8, 4) is 0 Å². The molecule has 2 heterocycles. The van der Waals surface area contributed by atoms with Gasteiger partial charge in [-0.05, 0) is 25.5 Å². The van der Waals surface area contributed by atoms with Gasteiger partial charge in [0, 0.05) is 12.7 Å². The van der Waals surface area contributed by atoms with Gasteiger partial charge in [0.2, 0.25) is 10.0 Å². The van der Waals surface area contributed by atoms with Crippen LogP contribution in [0.4, 0.5) is 5.82 Å². The monoisotopic (exact) mass is 311 g/mol. The highest BCUT2D eigenvalue weighted by Crippen LogP contribution is 2.20. The average Bonchev–Trinajstić information content (AvgIpc) is 2.99. The van der Waals surface area contributed by atoms with Crippen molar-refractivity contribution >= 4 is 15.8 Å². The van der Waals surface area contributed by atoms with Crippen LogP contribution in [0.2, 0.25) is 0 Å². The zero-order valence-corrected chi connectivity index (χ0v) is 12.6. The average molecular weight is 311 g/mol. The first-order valence-corrected chi connectivity index (χ1v) is 7.97. The lowest BCUT2D eigenvalue weighted by atomic mass is 10.4. The molecule has 0 aliphatic rings. The minimum atomic E-state index is -3.74. The lowest BCUT2D eigenvalue weighted by molar-refractivity contribution is 0.560. The number of aromatic nitrogens is 5. The molecule has 0 aliphatic carbocycles. The third kappa shape index (κ3) is 3.73. The Labute approximate surface area is 122 Å². The number of tetrazole rings is 1. The summed E-state index contributed by atoms with van der Waals surface area (Å²) in [5, 5.41) is 16.2. The van der Waals surface area contributed by atoms with Crippen LogP contribution in [0.5, 0.6) is 0 Å². The maximum absolute atomic E-state index is 12.4. The number of H-pyrrole nitrogens is 1. The molecular formula is C11H17N7O2S. The van der Waals surface area contributed by atoms with Gasteiger partial charge in [0.25, 0.3) is 0 Å². The molecule has 0 fully saturated rings. The number of anilines is 1. The molecule has 0 aromatic carbocycles. The van der Waals surface area contributed by atoms with E-state index in [2.05, 4.69) is 35.6 Å². The maximum Gasteiger partial charge on any atom is 0.244 e. The summed E-state index contributed by atoms with van der Waals surface area (Å²) in [4.78, 5) is 4.16. The molecule has 114 valence electrons. The molecule has 10 heteroatoms. The third-order valence-electron chi connectivity index (χ3n) is 2.68. The van der Waals surface area contributed by atoms with E-state index in [-0.39, 0.29) is 10.7 Å². The summed E-state index contributed by atoms with van der Waals surface area (Å²) in [5.74, 6) is 0.595. The van der Waals surface area contributed by atoms with E-state index in [1.54, 1.807) is 19.2 Å². The van der Waals surface area contributed by atoms with Crippen LogP contribution < -0.4 is 10.0 Å². The highest BCUT2D eigenvalue weighted by Gasteiger charge is 2.23. The Hall–Kier alpha value is -2.07. The summed E-state index contributed by atoms with van der Waals surface area (Å²) in [5.41, 5.74) is 0. The van der Waals surface area contributed by atoms with Crippen LogP contribution in [0, 0.1) is 0 Å². The van der Waals surface area contributed by atoms with E-state index in [0.29, 0.717) is 12.4 Å². The third-order valence-corrected chi connectivity index (χ3v) is 4.26. The van der Waals surface area contributed by atoms with Gasteiger partial charge >= 0.3 is 0 Å². The van der Waals surface area contributed by atoms with Crippen molar-refractivity contribution < 1.29 is 8.42 Å². The van der Waals surface area contributed by atoms with Crippen LogP contribution in [-0.2, 0) is 10.0 Å². The zero-order chi connectivity index (χ0) is 15.3. The summed E-state index contributed by atoms with van der Waals surface area (Å²) >= 11 is 0. The number of rotatable bonds is 7. The molecule has 9 nitrogen and oxygen atoms in total. The zero-order valence-electron chi connectivity index (χ0n) is 11.7. The molecular weight excluding hydrogens is 294 g/mol. The van der Waals surface area contributed by atoms with E-state index in [1.807, 2.05) is 6.92 Å². The second kappa shape index (κ2) is 6.59. The fraction of sp³-hybridized carbons (Fsp3) is 0.455. The largest absolute Gasteiger partial charge is 0.369 e. The van der Waals surface area contributed by atoms with Gasteiger partial charge in [0.1, 0.15) is 10.7 Å². The molecule has 0 radical (unpaired) electrons. The minimum absolute atomic E-state index is 0.0915. The van der Waals surface area contributed by atoms with E-state index in [1.165, 1.54) is 6.07 Å². The standard InChI is InChI=1S/C11H17N7O2S/c1-3-6-12-11-9(5-4-7-13-11)21(19,20)16-8(2)10-14-17-18-15-10/h4-5,7-8,16H,3,6H2,1-2H3,(H,12,13)(H,14,15,17,18). The summed E-state index contributed by atoms with van der Waals surface area (Å²) in [6.45, 7) is 4.26. The quantitative estimate of drug-likeness (QED) is 0.678. The smallest absolute Gasteiger partial charge is 0.244 e. The molecule has 1 atom stereocenters. The molecule has 1 unspecified atom stereocenters. The van der Waals surface area contributed by atoms with Crippen molar-refractivity contribution in [2.24, 2.45) is 0 Å². The number of hydrogen-bond acceptors (Lipinski definition) is 7. The van der Waals surface area contributed by atoms with Crippen molar-refractivity contribution in [1.82, 2.24) is 30.3 Å². The molecule has 0 saturated carbocycles. The number of hydrogen-bond donors (Lipinski definition) is 3. The fourth-order valence-corrected chi connectivity index (χ4v) is 3.02. The van der Waals surface area contributed by atoms with Gasteiger partial charge in [-0.25, -0.2) is 18.1 Å². The number of nitrogens with zero attached hydrogens (tertiary/aromatic N) is 4. The van der Waals surface area contributed by atoms with E-state index < -0.39 is 16.1 Å². The van der Waals surface area contributed by atoms with E-state index >= 15 is 0 Å². The highest BCUT2D eigenvalue weighted by molar-refractivity contribution is 7.89. The number of pyridine rings is 1. The van der Waals surface area contributed by atoms with Crippen molar-refractivity contribution in [2.75, 3.05) is 11.9 Å². The van der Waals surface area contributed by atoms with Gasteiger partial charge in [-0.3, -0.25) is 0 Å². The Morgan fingerprint density at radius 2 is 2.24 bits per heavy atom. The molecule has 2 aromatic rings. The van der Waals surface area contributed by atoms with Crippen molar-refractivity contribution in [3.63, 3.8) is 0 Å². The van der Waals surface area contributed by atoms with Crippen LogP contribution in [0.1, 0.15) is 32.1 Å². The Balaban J connectivity index is 2.23. The Bertz CT molecular complexity index is 672. The molecule has 2 rings (SSSR count). The van der Waals surface area contributed by atoms with E-state index in [0.717, 1.165) is 6.42 Å². The molecule has 3 N–H and O–H groups in total. The summed E-state index contributed by atoms with van der Waals surface area (Å²) in [6, 6.07) is 2.47. The van der Waals surface area contributed by atoms with Gasteiger partial charge < -0.3 is 5.32 Å². The van der Waals surface area contributed by atoms with Crippen LogP contribution in [0.25, 0.3) is 0 Å². The maximum atomic E-state index is 12.4. The second-order valence-corrected chi connectivity index (χ2v) is 6.07. The normalized spacial score (nSPS) is 13.0. The minimum Gasteiger partial charge on any atom is -0.369 e. The summed E-state index contributed by atoms with van der Waals surface area (Å²) < 4.78 is 27.4. The highest BCUT2D eigenvalue weighted by atomic mass is 32.2. The Morgan fingerprint density at radius 3 is 2.90 bits per heavy atom. The molecule has 0 spiro atoms. The number of sulfonamides is 1. The molecule has 0 aliphatic heterocycles. The molecule has 0 amide bonds. The fourth-order valence-electron chi connectivity index (χ4n) is 1.69. The Kier molecular flexibility index (Phi) is 4.81. The molecule has 21 heavy (non-hydrogen) atoms.